The SMILES string of the molecule is COC(=O)Cn1ncc(NCC(N)=O)c(Cl)c1=O. The van der Waals surface area contributed by atoms with E-state index in [1.807, 2.05) is 0 Å². The molecular formula is C9H11ClN4O4. The number of carbonyl (C=O) groups is 2. The summed E-state index contributed by atoms with van der Waals surface area (Å²) in [6.07, 6.45) is 1.22. The molecule has 0 aliphatic heterocycles. The van der Waals surface area contributed by atoms with Crippen LogP contribution in [0, 0.1) is 0 Å². The zero-order valence-corrected chi connectivity index (χ0v) is 10.2. The quantitative estimate of drug-likeness (QED) is 0.663. The van der Waals surface area contributed by atoms with Gasteiger partial charge in [0.2, 0.25) is 5.91 Å². The lowest BCUT2D eigenvalue weighted by atomic mass is 10.4. The van der Waals surface area contributed by atoms with Crippen LogP contribution < -0.4 is 16.6 Å². The van der Waals surface area contributed by atoms with Gasteiger partial charge in [-0.2, -0.15) is 5.10 Å². The Kier molecular flexibility index (Phi) is 4.67. The maximum absolute atomic E-state index is 11.7. The lowest BCUT2D eigenvalue weighted by Crippen LogP contribution is -2.29. The van der Waals surface area contributed by atoms with E-state index in [-0.39, 0.29) is 23.8 Å². The third kappa shape index (κ3) is 3.45. The summed E-state index contributed by atoms with van der Waals surface area (Å²) in [7, 11) is 1.19. The molecule has 1 aromatic rings. The van der Waals surface area contributed by atoms with E-state index < -0.39 is 17.4 Å². The molecule has 0 unspecified atom stereocenters. The molecule has 0 saturated carbocycles. The molecule has 1 rings (SSSR count). The number of rotatable bonds is 5. The molecule has 0 aromatic carbocycles. The van der Waals surface area contributed by atoms with Crippen molar-refractivity contribution in [2.24, 2.45) is 5.73 Å². The maximum atomic E-state index is 11.7. The molecule has 9 heteroatoms. The van der Waals surface area contributed by atoms with E-state index >= 15 is 0 Å². The van der Waals surface area contributed by atoms with Gasteiger partial charge in [0.05, 0.1) is 25.5 Å². The first kappa shape index (κ1) is 14.0. The lowest BCUT2D eigenvalue weighted by Gasteiger charge is -2.08. The molecule has 0 spiro atoms. The van der Waals surface area contributed by atoms with Gasteiger partial charge < -0.3 is 15.8 Å². The van der Waals surface area contributed by atoms with Gasteiger partial charge in [0.1, 0.15) is 11.6 Å². The van der Waals surface area contributed by atoms with Gasteiger partial charge >= 0.3 is 5.97 Å². The van der Waals surface area contributed by atoms with Crippen molar-refractivity contribution in [1.29, 1.82) is 0 Å². The van der Waals surface area contributed by atoms with Crippen LogP contribution in [0.4, 0.5) is 5.69 Å². The highest BCUT2D eigenvalue weighted by Gasteiger charge is 2.12. The summed E-state index contributed by atoms with van der Waals surface area (Å²) in [5.74, 6) is -1.23. The summed E-state index contributed by atoms with van der Waals surface area (Å²) in [6, 6.07) is 0. The molecule has 0 aliphatic carbocycles. The minimum Gasteiger partial charge on any atom is -0.468 e. The molecule has 8 nitrogen and oxygen atoms in total. The van der Waals surface area contributed by atoms with Gasteiger partial charge in [-0.25, -0.2) is 4.68 Å². The second-order valence-corrected chi connectivity index (χ2v) is 3.61. The summed E-state index contributed by atoms with van der Waals surface area (Å²) in [5.41, 5.74) is 4.43. The van der Waals surface area contributed by atoms with Gasteiger partial charge in [-0.05, 0) is 0 Å². The number of carbonyl (C=O) groups excluding carboxylic acids is 2. The zero-order valence-electron chi connectivity index (χ0n) is 9.47. The van der Waals surface area contributed by atoms with E-state index in [1.54, 1.807) is 0 Å². The summed E-state index contributed by atoms with van der Waals surface area (Å²) >= 11 is 5.77. The van der Waals surface area contributed by atoms with Crippen LogP contribution in [0.2, 0.25) is 5.02 Å². The van der Waals surface area contributed by atoms with Crippen LogP contribution in [0.15, 0.2) is 11.0 Å². The van der Waals surface area contributed by atoms with Crippen molar-refractivity contribution >= 4 is 29.2 Å². The third-order valence-electron chi connectivity index (χ3n) is 1.94. The minimum absolute atomic E-state index is 0.168. The van der Waals surface area contributed by atoms with Crippen LogP contribution in [-0.2, 0) is 20.9 Å². The predicted octanol–water partition coefficient (Wildman–Crippen LogP) is -1.03. The number of hydrogen-bond donors (Lipinski definition) is 2. The Morgan fingerprint density at radius 1 is 1.61 bits per heavy atom. The molecule has 0 atom stereocenters. The molecule has 3 N–H and O–H groups in total. The molecule has 98 valence electrons. The molecular weight excluding hydrogens is 264 g/mol. The number of nitrogens with one attached hydrogen (secondary N) is 1. The Balaban J connectivity index is 2.94. The van der Waals surface area contributed by atoms with Gasteiger partial charge in [-0.3, -0.25) is 14.4 Å². The Bertz CT molecular complexity index is 528. The molecule has 0 saturated heterocycles. The number of anilines is 1. The molecule has 1 amide bonds. The fourth-order valence-electron chi connectivity index (χ4n) is 1.07. The highest BCUT2D eigenvalue weighted by molar-refractivity contribution is 6.33. The van der Waals surface area contributed by atoms with Gasteiger partial charge in [0, 0.05) is 0 Å². The number of halogens is 1. The monoisotopic (exact) mass is 274 g/mol. The predicted molar refractivity (Wildman–Crippen MR) is 63.2 cm³/mol. The Morgan fingerprint density at radius 2 is 2.28 bits per heavy atom. The number of aromatic nitrogens is 2. The summed E-state index contributed by atoms with van der Waals surface area (Å²) in [4.78, 5) is 33.3. The molecule has 0 bridgehead atoms. The van der Waals surface area contributed by atoms with Crippen LogP contribution in [0.5, 0.6) is 0 Å². The highest BCUT2D eigenvalue weighted by Crippen LogP contribution is 2.14. The second-order valence-electron chi connectivity index (χ2n) is 3.23. The molecule has 0 aliphatic rings. The van der Waals surface area contributed by atoms with Crippen LogP contribution in [0.25, 0.3) is 0 Å². The maximum Gasteiger partial charge on any atom is 0.327 e. The first-order valence-corrected chi connectivity index (χ1v) is 5.18. The second kappa shape index (κ2) is 6.01. The van der Waals surface area contributed by atoms with Crippen molar-refractivity contribution in [3.8, 4) is 0 Å². The number of hydrogen-bond acceptors (Lipinski definition) is 6. The summed E-state index contributed by atoms with van der Waals surface area (Å²) in [5, 5.41) is 6.07. The molecule has 0 radical (unpaired) electrons. The molecule has 0 fully saturated rings. The number of nitrogens with two attached hydrogens (primary N) is 1. The average molecular weight is 275 g/mol. The zero-order chi connectivity index (χ0) is 13.7. The topological polar surface area (TPSA) is 116 Å². The molecule has 18 heavy (non-hydrogen) atoms. The summed E-state index contributed by atoms with van der Waals surface area (Å²) < 4.78 is 5.25. The Hall–Kier alpha value is -2.09. The fourth-order valence-corrected chi connectivity index (χ4v) is 1.28. The Morgan fingerprint density at radius 3 is 2.83 bits per heavy atom. The Labute approximate surface area is 107 Å². The van der Waals surface area contributed by atoms with Crippen molar-refractivity contribution in [2.75, 3.05) is 19.0 Å². The first-order valence-electron chi connectivity index (χ1n) is 4.80. The van der Waals surface area contributed by atoms with E-state index in [9.17, 15) is 14.4 Å². The van der Waals surface area contributed by atoms with Crippen LogP contribution in [0.1, 0.15) is 0 Å². The smallest absolute Gasteiger partial charge is 0.327 e. The number of primary amides is 1. The number of amides is 1. The van der Waals surface area contributed by atoms with E-state index in [2.05, 4.69) is 15.2 Å². The third-order valence-corrected chi connectivity index (χ3v) is 2.31. The molecule has 1 heterocycles. The van der Waals surface area contributed by atoms with Crippen LogP contribution >= 0.6 is 11.6 Å². The van der Waals surface area contributed by atoms with Gasteiger partial charge in [0.15, 0.2) is 0 Å². The number of nitrogens with zero attached hydrogens (tertiary/aromatic N) is 2. The van der Waals surface area contributed by atoms with E-state index in [1.165, 1.54) is 13.3 Å². The number of ether oxygens (including phenoxy) is 1. The van der Waals surface area contributed by atoms with Gasteiger partial charge in [-0.15, -0.1) is 0 Å². The van der Waals surface area contributed by atoms with Gasteiger partial charge in [0.25, 0.3) is 5.56 Å². The lowest BCUT2D eigenvalue weighted by molar-refractivity contribution is -0.141. The first-order chi connectivity index (χ1) is 8.45. The number of methoxy groups -OCH3 is 1. The van der Waals surface area contributed by atoms with Crippen LogP contribution in [-0.4, -0.2) is 35.3 Å². The number of esters is 1. The highest BCUT2D eigenvalue weighted by atomic mass is 35.5. The van der Waals surface area contributed by atoms with Crippen LogP contribution in [0.3, 0.4) is 0 Å². The largest absolute Gasteiger partial charge is 0.468 e. The van der Waals surface area contributed by atoms with Crippen molar-refractivity contribution < 1.29 is 14.3 Å². The van der Waals surface area contributed by atoms with Crippen molar-refractivity contribution in [1.82, 2.24) is 9.78 Å². The fraction of sp³-hybridized carbons (Fsp3) is 0.333. The van der Waals surface area contributed by atoms with Crippen molar-refractivity contribution in [3.63, 3.8) is 0 Å². The van der Waals surface area contributed by atoms with E-state index in [4.69, 9.17) is 17.3 Å². The normalized spacial score (nSPS) is 9.89. The van der Waals surface area contributed by atoms with Crippen molar-refractivity contribution in [2.45, 2.75) is 6.54 Å². The minimum atomic E-state index is -0.670. The molecule has 1 aromatic heterocycles. The van der Waals surface area contributed by atoms with Gasteiger partial charge in [-0.1, -0.05) is 11.6 Å². The van der Waals surface area contributed by atoms with E-state index in [0.717, 1.165) is 4.68 Å². The van der Waals surface area contributed by atoms with E-state index in [0.29, 0.717) is 0 Å². The summed E-state index contributed by atoms with van der Waals surface area (Å²) in [6.45, 7) is -0.521. The average Bonchev–Trinajstić information content (AvgIpc) is 2.33. The standard InChI is InChI=1S/C9H11ClN4O4/c1-18-7(16)4-14-9(17)8(10)5(2-13-14)12-3-6(11)15/h2,12H,3-4H2,1H3,(H2,11,15). The van der Waals surface area contributed by atoms with Crippen molar-refractivity contribution in [3.05, 3.63) is 21.6 Å².